The second-order valence-electron chi connectivity index (χ2n) is 7.04. The zero-order valence-electron chi connectivity index (χ0n) is 15.9. The number of nitrogens with one attached hydrogen (secondary N) is 2. The normalized spacial score (nSPS) is 15.1. The highest BCUT2D eigenvalue weighted by Crippen LogP contribution is 2.23. The van der Waals surface area contributed by atoms with Crippen molar-refractivity contribution >= 4 is 32.9 Å². The first-order valence-electron chi connectivity index (χ1n) is 9.56. The molecule has 0 radical (unpaired) electrons. The first-order valence-corrected chi connectivity index (χ1v) is 10.4. The van der Waals surface area contributed by atoms with Gasteiger partial charge in [0.2, 0.25) is 0 Å². The van der Waals surface area contributed by atoms with Gasteiger partial charge in [0.25, 0.3) is 5.91 Å². The van der Waals surface area contributed by atoms with Gasteiger partial charge in [-0.05, 0) is 49.4 Å². The van der Waals surface area contributed by atoms with Crippen LogP contribution in [0, 0.1) is 6.92 Å². The molecule has 1 aromatic heterocycles. The third kappa shape index (κ3) is 4.11. The number of morpholine rings is 1. The molecule has 146 valence electrons. The number of imidazole rings is 1. The van der Waals surface area contributed by atoms with E-state index in [9.17, 15) is 4.79 Å². The Kier molecular flexibility index (Phi) is 5.75. The van der Waals surface area contributed by atoms with Crippen LogP contribution < -0.4 is 10.2 Å². The highest BCUT2D eigenvalue weighted by atomic mass is 79.9. The number of hydrogen-bond donors (Lipinski definition) is 2. The van der Waals surface area contributed by atoms with Crippen molar-refractivity contribution in [2.45, 2.75) is 6.92 Å². The number of carbonyl (C=O) groups excluding carboxylic acids is 1. The fourth-order valence-electron chi connectivity index (χ4n) is 3.62. The molecule has 7 heteroatoms. The Morgan fingerprint density at radius 3 is 2.71 bits per heavy atom. The summed E-state index contributed by atoms with van der Waals surface area (Å²) in [5.41, 5.74) is 3.51. The molecular formula is C21H24BrN4O2+. The minimum Gasteiger partial charge on any atom is -0.370 e. The molecule has 0 unspecified atom stereocenters. The highest BCUT2D eigenvalue weighted by Gasteiger charge is 2.15. The third-order valence-electron chi connectivity index (χ3n) is 5.13. The zero-order chi connectivity index (χ0) is 19.5. The van der Waals surface area contributed by atoms with Gasteiger partial charge in [0, 0.05) is 15.7 Å². The quantitative estimate of drug-likeness (QED) is 0.631. The molecule has 0 saturated carbocycles. The van der Waals surface area contributed by atoms with E-state index in [4.69, 9.17) is 4.74 Å². The SMILES string of the molecule is Cc1nc2cc(C(=O)NCC[NH+]3CCOCC3)ccc2n1-c1ccc(Br)cc1. The summed E-state index contributed by atoms with van der Waals surface area (Å²) in [5, 5.41) is 3.03. The van der Waals surface area contributed by atoms with E-state index in [1.165, 1.54) is 4.90 Å². The van der Waals surface area contributed by atoms with Crippen LogP contribution in [-0.2, 0) is 4.74 Å². The minimum absolute atomic E-state index is 0.0506. The van der Waals surface area contributed by atoms with Crippen LogP contribution in [0.25, 0.3) is 16.7 Å². The van der Waals surface area contributed by atoms with E-state index in [2.05, 4.69) is 30.8 Å². The third-order valence-corrected chi connectivity index (χ3v) is 5.66. The van der Waals surface area contributed by atoms with Crippen LogP contribution >= 0.6 is 15.9 Å². The molecule has 0 atom stereocenters. The van der Waals surface area contributed by atoms with E-state index in [1.54, 1.807) is 0 Å². The molecule has 1 amide bonds. The van der Waals surface area contributed by atoms with Gasteiger partial charge < -0.3 is 15.0 Å². The molecule has 2 aromatic carbocycles. The average molecular weight is 444 g/mol. The van der Waals surface area contributed by atoms with Crippen molar-refractivity contribution in [2.75, 3.05) is 39.4 Å². The summed E-state index contributed by atoms with van der Waals surface area (Å²) in [7, 11) is 0. The second kappa shape index (κ2) is 8.43. The van der Waals surface area contributed by atoms with Gasteiger partial charge in [-0.25, -0.2) is 4.98 Å². The summed E-state index contributed by atoms with van der Waals surface area (Å²) >= 11 is 3.47. The number of rotatable bonds is 5. The van der Waals surface area contributed by atoms with Gasteiger partial charge >= 0.3 is 0 Å². The molecule has 0 spiro atoms. The fourth-order valence-corrected chi connectivity index (χ4v) is 3.89. The number of halogens is 1. The smallest absolute Gasteiger partial charge is 0.251 e. The van der Waals surface area contributed by atoms with E-state index in [1.807, 2.05) is 49.4 Å². The lowest BCUT2D eigenvalue weighted by atomic mass is 10.2. The molecule has 1 saturated heterocycles. The van der Waals surface area contributed by atoms with Crippen molar-refractivity contribution < 1.29 is 14.4 Å². The largest absolute Gasteiger partial charge is 0.370 e. The summed E-state index contributed by atoms with van der Waals surface area (Å²) in [4.78, 5) is 18.7. The molecule has 0 bridgehead atoms. The van der Waals surface area contributed by atoms with Crippen molar-refractivity contribution in [3.05, 3.63) is 58.3 Å². The van der Waals surface area contributed by atoms with E-state index < -0.39 is 0 Å². The van der Waals surface area contributed by atoms with Gasteiger partial charge in [-0.1, -0.05) is 15.9 Å². The summed E-state index contributed by atoms with van der Waals surface area (Å²) < 4.78 is 8.51. The average Bonchev–Trinajstić information content (AvgIpc) is 3.04. The lowest BCUT2D eigenvalue weighted by molar-refractivity contribution is -0.906. The number of hydrogen-bond acceptors (Lipinski definition) is 3. The molecule has 1 fully saturated rings. The molecule has 0 aliphatic carbocycles. The number of benzene rings is 2. The van der Waals surface area contributed by atoms with E-state index in [-0.39, 0.29) is 5.91 Å². The van der Waals surface area contributed by atoms with Crippen LogP contribution in [0.4, 0.5) is 0 Å². The van der Waals surface area contributed by atoms with Crippen molar-refractivity contribution in [1.29, 1.82) is 0 Å². The van der Waals surface area contributed by atoms with Gasteiger partial charge in [-0.3, -0.25) is 9.36 Å². The number of ether oxygens (including phenoxy) is 1. The van der Waals surface area contributed by atoms with Crippen LogP contribution in [-0.4, -0.2) is 54.9 Å². The van der Waals surface area contributed by atoms with Crippen LogP contribution in [0.1, 0.15) is 16.2 Å². The van der Waals surface area contributed by atoms with E-state index in [0.29, 0.717) is 12.1 Å². The van der Waals surface area contributed by atoms with Crippen molar-refractivity contribution in [3.8, 4) is 5.69 Å². The maximum atomic E-state index is 12.5. The maximum Gasteiger partial charge on any atom is 0.251 e. The van der Waals surface area contributed by atoms with Crippen LogP contribution in [0.5, 0.6) is 0 Å². The van der Waals surface area contributed by atoms with Gasteiger partial charge in [-0.15, -0.1) is 0 Å². The van der Waals surface area contributed by atoms with Gasteiger partial charge in [0.1, 0.15) is 18.9 Å². The number of fused-ring (bicyclic) bond motifs is 1. The molecule has 1 aliphatic rings. The Hall–Kier alpha value is -2.22. The monoisotopic (exact) mass is 443 g/mol. The number of quaternary nitrogens is 1. The first-order chi connectivity index (χ1) is 13.6. The van der Waals surface area contributed by atoms with Crippen molar-refractivity contribution in [2.24, 2.45) is 0 Å². The van der Waals surface area contributed by atoms with E-state index in [0.717, 1.165) is 59.9 Å². The molecule has 6 nitrogen and oxygen atoms in total. The molecule has 1 aliphatic heterocycles. The molecule has 2 N–H and O–H groups in total. The van der Waals surface area contributed by atoms with Gasteiger partial charge in [0.15, 0.2) is 0 Å². The Morgan fingerprint density at radius 1 is 1.21 bits per heavy atom. The summed E-state index contributed by atoms with van der Waals surface area (Å²) in [6.45, 7) is 7.20. The Morgan fingerprint density at radius 2 is 1.96 bits per heavy atom. The molecule has 2 heterocycles. The molecule has 3 aromatic rings. The topological polar surface area (TPSA) is 60.6 Å². The molecule has 28 heavy (non-hydrogen) atoms. The molecular weight excluding hydrogens is 420 g/mol. The lowest BCUT2D eigenvalue weighted by Crippen LogP contribution is -3.14. The first kappa shape index (κ1) is 19.1. The Balaban J connectivity index is 1.48. The number of aromatic nitrogens is 2. The zero-order valence-corrected chi connectivity index (χ0v) is 17.5. The van der Waals surface area contributed by atoms with Crippen molar-refractivity contribution in [3.63, 3.8) is 0 Å². The van der Waals surface area contributed by atoms with Crippen molar-refractivity contribution in [1.82, 2.24) is 14.9 Å². The van der Waals surface area contributed by atoms with E-state index >= 15 is 0 Å². The number of nitrogens with zero attached hydrogens (tertiary/aromatic N) is 2. The van der Waals surface area contributed by atoms with Crippen LogP contribution in [0.15, 0.2) is 46.9 Å². The number of carbonyl (C=O) groups is 1. The van der Waals surface area contributed by atoms with Crippen LogP contribution in [0.3, 0.4) is 0 Å². The predicted molar refractivity (Wildman–Crippen MR) is 112 cm³/mol. The standard InChI is InChI=1S/C21H23BrN4O2/c1-15-24-19-14-16(21(27)23-8-9-25-10-12-28-13-11-25)2-7-20(19)26(15)18-5-3-17(22)4-6-18/h2-7,14H,8-13H2,1H3,(H,23,27)/p+1. The Labute approximate surface area is 172 Å². The van der Waals surface area contributed by atoms with Gasteiger partial charge in [-0.2, -0.15) is 0 Å². The number of aryl methyl sites for hydroxylation is 1. The summed E-state index contributed by atoms with van der Waals surface area (Å²) in [5.74, 6) is 0.844. The second-order valence-corrected chi connectivity index (χ2v) is 7.96. The lowest BCUT2D eigenvalue weighted by Gasteiger charge is -2.23. The highest BCUT2D eigenvalue weighted by molar-refractivity contribution is 9.10. The fraction of sp³-hybridized carbons (Fsp3) is 0.333. The molecule has 4 rings (SSSR count). The van der Waals surface area contributed by atoms with Gasteiger partial charge in [0.05, 0.1) is 37.3 Å². The summed E-state index contributed by atoms with van der Waals surface area (Å²) in [6, 6.07) is 13.8. The summed E-state index contributed by atoms with van der Waals surface area (Å²) in [6.07, 6.45) is 0. The number of amides is 1. The Bertz CT molecular complexity index is 978. The predicted octanol–water partition coefficient (Wildman–Crippen LogP) is 1.74. The maximum absolute atomic E-state index is 12.5. The minimum atomic E-state index is -0.0506. The van der Waals surface area contributed by atoms with Crippen LogP contribution in [0.2, 0.25) is 0 Å².